The van der Waals surface area contributed by atoms with Gasteiger partial charge in [0.1, 0.15) is 11.9 Å². The summed E-state index contributed by atoms with van der Waals surface area (Å²) in [5.41, 5.74) is 1.06. The van der Waals surface area contributed by atoms with E-state index < -0.39 is 6.10 Å². The van der Waals surface area contributed by atoms with Crippen LogP contribution < -0.4 is 15.4 Å². The number of rotatable bonds is 7. The molecule has 3 N–H and O–H groups in total. The molecule has 0 aliphatic carbocycles. The molecule has 0 radical (unpaired) electrons. The minimum Gasteiger partial charge on any atom is -0.494 e. The molecule has 1 unspecified atom stereocenters. The summed E-state index contributed by atoms with van der Waals surface area (Å²) in [6, 6.07) is 18.1. The summed E-state index contributed by atoms with van der Waals surface area (Å²) < 4.78 is 6.83. The lowest BCUT2D eigenvalue weighted by atomic mass is 10.2. The predicted molar refractivity (Wildman–Crippen MR) is 128 cm³/mol. The maximum Gasteiger partial charge on any atom is 0.191 e. The van der Waals surface area contributed by atoms with Gasteiger partial charge in [0.05, 0.1) is 6.61 Å². The minimum atomic E-state index is -0.586. The van der Waals surface area contributed by atoms with Crippen LogP contribution in [0.1, 0.15) is 23.5 Å². The van der Waals surface area contributed by atoms with Crippen molar-refractivity contribution in [3.8, 4) is 5.75 Å². The summed E-state index contributed by atoms with van der Waals surface area (Å²) in [5, 5.41) is 18.1. The summed E-state index contributed by atoms with van der Waals surface area (Å²) in [5.74, 6) is 1.51. The topological polar surface area (TPSA) is 65.9 Å². The molecule has 0 saturated heterocycles. The smallest absolute Gasteiger partial charge is 0.191 e. The molecular weight excluding hydrogens is 485 g/mol. The lowest BCUT2D eigenvalue weighted by Gasteiger charge is -2.16. The average molecular weight is 511 g/mol. The monoisotopic (exact) mass is 511 g/mol. The molecule has 0 bridgehead atoms. The number of benzene rings is 2. The zero-order valence-corrected chi connectivity index (χ0v) is 19.2. The van der Waals surface area contributed by atoms with Crippen molar-refractivity contribution in [2.45, 2.75) is 19.6 Å². The molecule has 5 nitrogen and oxygen atoms in total. The van der Waals surface area contributed by atoms with Gasteiger partial charge in [0.15, 0.2) is 5.96 Å². The molecule has 0 saturated carbocycles. The molecule has 1 aromatic heterocycles. The van der Waals surface area contributed by atoms with E-state index in [4.69, 9.17) is 4.74 Å². The molecule has 7 heteroatoms. The quantitative estimate of drug-likeness (QED) is 0.251. The first kappa shape index (κ1) is 22.4. The molecule has 3 aromatic rings. The van der Waals surface area contributed by atoms with Crippen LogP contribution in [-0.4, -0.2) is 31.3 Å². The van der Waals surface area contributed by atoms with Crippen molar-refractivity contribution in [2.24, 2.45) is 4.99 Å². The van der Waals surface area contributed by atoms with Crippen LogP contribution in [0.5, 0.6) is 5.75 Å². The maximum absolute atomic E-state index is 10.5. The second kappa shape index (κ2) is 11.2. The Morgan fingerprint density at radius 2 is 1.89 bits per heavy atom. The summed E-state index contributed by atoms with van der Waals surface area (Å²) in [4.78, 5) is 5.18. The maximum atomic E-state index is 10.5. The van der Waals surface area contributed by atoms with Crippen LogP contribution in [0.15, 0.2) is 59.6 Å². The first-order valence-corrected chi connectivity index (χ1v) is 9.84. The molecule has 0 spiro atoms. The molecular formula is C21H26IN3O2S. The summed E-state index contributed by atoms with van der Waals surface area (Å²) in [7, 11) is 1.72. The van der Waals surface area contributed by atoms with Gasteiger partial charge in [-0.15, -0.1) is 35.3 Å². The fourth-order valence-electron chi connectivity index (χ4n) is 2.81. The Hall–Kier alpha value is -1.84. The van der Waals surface area contributed by atoms with E-state index in [1.54, 1.807) is 18.4 Å². The number of guanidine groups is 1. The highest BCUT2D eigenvalue weighted by Gasteiger charge is 2.12. The highest BCUT2D eigenvalue weighted by molar-refractivity contribution is 14.0. The number of hydrogen-bond donors (Lipinski definition) is 3. The van der Waals surface area contributed by atoms with Crippen molar-refractivity contribution in [3.05, 3.63) is 65.0 Å². The van der Waals surface area contributed by atoms with Crippen LogP contribution in [0.4, 0.5) is 0 Å². The van der Waals surface area contributed by atoms with Gasteiger partial charge in [-0.25, -0.2) is 0 Å². The fourth-order valence-corrected chi connectivity index (χ4v) is 3.86. The predicted octanol–water partition coefficient (Wildman–Crippen LogP) is 4.32. The van der Waals surface area contributed by atoms with Crippen LogP contribution in [0, 0.1) is 0 Å². The van der Waals surface area contributed by atoms with E-state index in [2.05, 4.69) is 27.8 Å². The van der Waals surface area contributed by atoms with Crippen molar-refractivity contribution in [3.63, 3.8) is 0 Å². The number of para-hydroxylation sites is 1. The Labute approximate surface area is 186 Å². The first-order chi connectivity index (χ1) is 13.2. The molecule has 0 aliphatic heterocycles. The average Bonchev–Trinajstić information content (AvgIpc) is 3.13. The zero-order chi connectivity index (χ0) is 19.1. The molecule has 1 heterocycles. The van der Waals surface area contributed by atoms with Gasteiger partial charge in [-0.1, -0.05) is 36.4 Å². The fraction of sp³-hybridized carbons (Fsp3) is 0.286. The third-order valence-corrected chi connectivity index (χ3v) is 5.40. The van der Waals surface area contributed by atoms with E-state index >= 15 is 0 Å². The molecule has 3 rings (SSSR count). The van der Waals surface area contributed by atoms with E-state index in [9.17, 15) is 5.11 Å². The van der Waals surface area contributed by atoms with Crippen molar-refractivity contribution in [1.82, 2.24) is 10.6 Å². The lowest BCUT2D eigenvalue weighted by molar-refractivity contribution is 0.184. The van der Waals surface area contributed by atoms with Gasteiger partial charge < -0.3 is 20.5 Å². The van der Waals surface area contributed by atoms with E-state index in [0.29, 0.717) is 25.7 Å². The van der Waals surface area contributed by atoms with E-state index in [0.717, 1.165) is 21.6 Å². The molecule has 150 valence electrons. The number of aliphatic hydroxyl groups is 1. The number of thiophene rings is 1. The number of hydrogen-bond acceptors (Lipinski definition) is 4. The second-order valence-corrected chi connectivity index (χ2v) is 7.17. The van der Waals surface area contributed by atoms with Crippen LogP contribution in [0.25, 0.3) is 10.1 Å². The standard InChI is InChI=1S/C21H25N3O2S.HI/c1-3-26-18-10-6-4-9-16(18)13-23-21(22-2)24-14-17(25)20-12-15-8-5-7-11-19(15)27-20;/h4-12,17,25H,3,13-14H2,1-2H3,(H2,22,23,24);1H. The Morgan fingerprint density at radius 1 is 1.14 bits per heavy atom. The summed E-state index contributed by atoms with van der Waals surface area (Å²) in [6.07, 6.45) is -0.586. The van der Waals surface area contributed by atoms with Gasteiger partial charge in [0.25, 0.3) is 0 Å². The number of nitrogens with zero attached hydrogens (tertiary/aromatic N) is 1. The second-order valence-electron chi connectivity index (χ2n) is 6.05. The van der Waals surface area contributed by atoms with Crippen LogP contribution in [-0.2, 0) is 6.54 Å². The minimum absolute atomic E-state index is 0. The van der Waals surface area contributed by atoms with Crippen molar-refractivity contribution >= 4 is 51.4 Å². The number of aliphatic hydroxyl groups excluding tert-OH is 1. The van der Waals surface area contributed by atoms with Gasteiger partial charge in [-0.2, -0.15) is 0 Å². The number of aliphatic imine (C=N–C) groups is 1. The van der Waals surface area contributed by atoms with Crippen molar-refractivity contribution < 1.29 is 9.84 Å². The number of nitrogens with one attached hydrogen (secondary N) is 2. The number of halogens is 1. The SMILES string of the molecule is CCOc1ccccc1CNC(=NC)NCC(O)c1cc2ccccc2s1.I. The van der Waals surface area contributed by atoms with Crippen LogP contribution in [0.2, 0.25) is 0 Å². The van der Waals surface area contributed by atoms with Crippen molar-refractivity contribution in [1.29, 1.82) is 0 Å². The largest absolute Gasteiger partial charge is 0.494 e. The zero-order valence-electron chi connectivity index (χ0n) is 16.0. The molecule has 0 aliphatic rings. The van der Waals surface area contributed by atoms with Gasteiger partial charge in [0.2, 0.25) is 0 Å². The molecule has 28 heavy (non-hydrogen) atoms. The number of ether oxygens (including phenoxy) is 1. The summed E-state index contributed by atoms with van der Waals surface area (Å²) >= 11 is 1.62. The van der Waals surface area contributed by atoms with Crippen molar-refractivity contribution in [2.75, 3.05) is 20.2 Å². The van der Waals surface area contributed by atoms with Gasteiger partial charge >= 0.3 is 0 Å². The Kier molecular flexibility index (Phi) is 9.01. The molecule has 2 aromatic carbocycles. The first-order valence-electron chi connectivity index (χ1n) is 9.03. The molecule has 1 atom stereocenters. The van der Waals surface area contributed by atoms with E-state index in [-0.39, 0.29) is 24.0 Å². The Morgan fingerprint density at radius 3 is 2.64 bits per heavy atom. The molecule has 0 amide bonds. The van der Waals surface area contributed by atoms with Crippen LogP contribution in [0.3, 0.4) is 0 Å². The van der Waals surface area contributed by atoms with Gasteiger partial charge in [0, 0.05) is 35.3 Å². The van der Waals surface area contributed by atoms with Gasteiger partial charge in [-0.05, 0) is 30.5 Å². The molecule has 0 fully saturated rings. The van der Waals surface area contributed by atoms with E-state index in [1.807, 2.05) is 49.4 Å². The Bertz CT molecular complexity index is 880. The normalized spacial score (nSPS) is 12.3. The summed E-state index contributed by atoms with van der Waals surface area (Å²) in [6.45, 7) is 3.58. The van der Waals surface area contributed by atoms with Crippen LogP contribution >= 0.6 is 35.3 Å². The third-order valence-electron chi connectivity index (χ3n) is 4.18. The van der Waals surface area contributed by atoms with Gasteiger partial charge in [-0.3, -0.25) is 4.99 Å². The third kappa shape index (κ3) is 5.83. The number of fused-ring (bicyclic) bond motifs is 1. The highest BCUT2D eigenvalue weighted by Crippen LogP contribution is 2.29. The Balaban J connectivity index is 0.00000280. The highest BCUT2D eigenvalue weighted by atomic mass is 127. The lowest BCUT2D eigenvalue weighted by Crippen LogP contribution is -2.38. The van der Waals surface area contributed by atoms with E-state index in [1.165, 1.54) is 4.70 Å².